The SMILES string of the molecule is Cc1nc(C)c(-c2csc(Nc3ccccc3CO)n2)s1. The van der Waals surface area contributed by atoms with Gasteiger partial charge in [0.15, 0.2) is 5.13 Å². The van der Waals surface area contributed by atoms with E-state index in [1.165, 1.54) is 0 Å². The minimum atomic E-state index is 0.00849. The molecule has 108 valence electrons. The van der Waals surface area contributed by atoms with Crippen LogP contribution < -0.4 is 5.32 Å². The highest BCUT2D eigenvalue weighted by molar-refractivity contribution is 7.16. The summed E-state index contributed by atoms with van der Waals surface area (Å²) < 4.78 is 0. The monoisotopic (exact) mass is 317 g/mol. The van der Waals surface area contributed by atoms with Crippen LogP contribution in [0.15, 0.2) is 29.6 Å². The molecule has 21 heavy (non-hydrogen) atoms. The van der Waals surface area contributed by atoms with Crippen LogP contribution in [0.1, 0.15) is 16.3 Å². The van der Waals surface area contributed by atoms with Gasteiger partial charge in [-0.05, 0) is 19.9 Å². The average Bonchev–Trinajstić information content (AvgIpc) is 3.06. The first-order chi connectivity index (χ1) is 10.2. The van der Waals surface area contributed by atoms with E-state index in [1.807, 2.05) is 43.5 Å². The summed E-state index contributed by atoms with van der Waals surface area (Å²) in [4.78, 5) is 10.2. The van der Waals surface area contributed by atoms with Gasteiger partial charge < -0.3 is 10.4 Å². The molecule has 0 saturated heterocycles. The van der Waals surface area contributed by atoms with Crippen LogP contribution in [0, 0.1) is 13.8 Å². The van der Waals surface area contributed by atoms with Gasteiger partial charge in [-0.25, -0.2) is 9.97 Å². The fourth-order valence-corrected chi connectivity index (χ4v) is 3.77. The van der Waals surface area contributed by atoms with Crippen molar-refractivity contribution in [3.05, 3.63) is 45.9 Å². The number of para-hydroxylation sites is 1. The van der Waals surface area contributed by atoms with Gasteiger partial charge in [0, 0.05) is 16.6 Å². The molecule has 0 fully saturated rings. The highest BCUT2D eigenvalue weighted by Gasteiger charge is 2.12. The second-order valence-corrected chi connectivity index (χ2v) is 6.69. The minimum Gasteiger partial charge on any atom is -0.392 e. The molecule has 6 heteroatoms. The number of aliphatic hydroxyl groups is 1. The molecule has 0 bridgehead atoms. The lowest BCUT2D eigenvalue weighted by molar-refractivity contribution is 0.282. The maximum absolute atomic E-state index is 9.36. The Kier molecular flexibility index (Phi) is 4.01. The van der Waals surface area contributed by atoms with Crippen molar-refractivity contribution in [2.45, 2.75) is 20.5 Å². The number of aryl methyl sites for hydroxylation is 2. The van der Waals surface area contributed by atoms with Crippen molar-refractivity contribution in [2.75, 3.05) is 5.32 Å². The van der Waals surface area contributed by atoms with Crippen molar-refractivity contribution in [2.24, 2.45) is 0 Å². The predicted octanol–water partition coefficient (Wildman–Crippen LogP) is 4.12. The van der Waals surface area contributed by atoms with E-state index in [4.69, 9.17) is 0 Å². The molecule has 2 aromatic heterocycles. The Labute approximate surface area is 131 Å². The summed E-state index contributed by atoms with van der Waals surface area (Å²) in [6.07, 6.45) is 0. The number of benzene rings is 1. The lowest BCUT2D eigenvalue weighted by atomic mass is 10.2. The van der Waals surface area contributed by atoms with Gasteiger partial charge in [0.25, 0.3) is 0 Å². The number of anilines is 2. The van der Waals surface area contributed by atoms with Crippen LogP contribution in [0.2, 0.25) is 0 Å². The Hall–Kier alpha value is -1.76. The van der Waals surface area contributed by atoms with Crippen LogP contribution in [0.5, 0.6) is 0 Å². The van der Waals surface area contributed by atoms with Crippen LogP contribution >= 0.6 is 22.7 Å². The van der Waals surface area contributed by atoms with Crippen molar-refractivity contribution in [1.82, 2.24) is 9.97 Å². The lowest BCUT2D eigenvalue weighted by Crippen LogP contribution is -1.95. The molecule has 0 atom stereocenters. The molecule has 0 aliphatic heterocycles. The summed E-state index contributed by atoms with van der Waals surface area (Å²) in [5.74, 6) is 0. The number of nitrogens with one attached hydrogen (secondary N) is 1. The van der Waals surface area contributed by atoms with E-state index in [2.05, 4.69) is 15.3 Å². The number of nitrogens with zero attached hydrogens (tertiary/aromatic N) is 2. The lowest BCUT2D eigenvalue weighted by Gasteiger charge is -2.07. The molecule has 4 nitrogen and oxygen atoms in total. The topological polar surface area (TPSA) is 58.0 Å². The molecule has 3 rings (SSSR count). The highest BCUT2D eigenvalue weighted by Crippen LogP contribution is 2.33. The van der Waals surface area contributed by atoms with Crippen molar-refractivity contribution >= 4 is 33.5 Å². The molecule has 0 radical (unpaired) electrons. The molecule has 0 amide bonds. The minimum absolute atomic E-state index is 0.00849. The molecular formula is C15H15N3OS2. The number of hydrogen-bond donors (Lipinski definition) is 2. The number of aliphatic hydroxyl groups excluding tert-OH is 1. The molecule has 3 aromatic rings. The zero-order valence-corrected chi connectivity index (χ0v) is 13.4. The van der Waals surface area contributed by atoms with Gasteiger partial charge >= 0.3 is 0 Å². The van der Waals surface area contributed by atoms with Crippen molar-refractivity contribution in [3.8, 4) is 10.6 Å². The summed E-state index contributed by atoms with van der Waals surface area (Å²) in [5, 5.41) is 16.5. The zero-order valence-electron chi connectivity index (χ0n) is 11.8. The van der Waals surface area contributed by atoms with Crippen molar-refractivity contribution < 1.29 is 5.11 Å². The molecular weight excluding hydrogens is 302 g/mol. The maximum atomic E-state index is 9.36. The first kappa shape index (κ1) is 14.2. The van der Waals surface area contributed by atoms with Crippen LogP contribution in [-0.2, 0) is 6.61 Å². The third-order valence-corrected chi connectivity index (χ3v) is 4.92. The van der Waals surface area contributed by atoms with E-state index < -0.39 is 0 Å². The Morgan fingerprint density at radius 3 is 2.71 bits per heavy atom. The van der Waals surface area contributed by atoms with Gasteiger partial charge in [-0.3, -0.25) is 0 Å². The van der Waals surface area contributed by atoms with E-state index in [0.29, 0.717) is 0 Å². The van der Waals surface area contributed by atoms with Crippen molar-refractivity contribution in [1.29, 1.82) is 0 Å². The van der Waals surface area contributed by atoms with Gasteiger partial charge in [0.2, 0.25) is 0 Å². The Morgan fingerprint density at radius 2 is 2.00 bits per heavy atom. The summed E-state index contributed by atoms with van der Waals surface area (Å²) >= 11 is 3.21. The van der Waals surface area contributed by atoms with Crippen LogP contribution in [-0.4, -0.2) is 15.1 Å². The first-order valence-corrected chi connectivity index (χ1v) is 8.22. The summed E-state index contributed by atoms with van der Waals surface area (Å²) in [6.45, 7) is 4.02. The number of aromatic nitrogens is 2. The second kappa shape index (κ2) is 5.93. The van der Waals surface area contributed by atoms with E-state index >= 15 is 0 Å². The summed E-state index contributed by atoms with van der Waals surface area (Å²) in [7, 11) is 0. The molecule has 2 heterocycles. The number of thiazole rings is 2. The molecule has 0 saturated carbocycles. The smallest absolute Gasteiger partial charge is 0.187 e. The molecule has 0 aliphatic rings. The number of hydrogen-bond acceptors (Lipinski definition) is 6. The maximum Gasteiger partial charge on any atom is 0.187 e. The Balaban J connectivity index is 1.87. The van der Waals surface area contributed by atoms with Crippen LogP contribution in [0.25, 0.3) is 10.6 Å². The van der Waals surface area contributed by atoms with Crippen LogP contribution in [0.3, 0.4) is 0 Å². The van der Waals surface area contributed by atoms with E-state index in [0.717, 1.165) is 37.7 Å². The quantitative estimate of drug-likeness (QED) is 0.760. The first-order valence-electron chi connectivity index (χ1n) is 6.53. The average molecular weight is 317 g/mol. The van der Waals surface area contributed by atoms with Gasteiger partial charge in [0.1, 0.15) is 0 Å². The fourth-order valence-electron chi connectivity index (χ4n) is 2.10. The Morgan fingerprint density at radius 1 is 1.19 bits per heavy atom. The zero-order chi connectivity index (χ0) is 14.8. The Bertz CT molecular complexity index is 764. The van der Waals surface area contributed by atoms with Crippen molar-refractivity contribution in [3.63, 3.8) is 0 Å². The van der Waals surface area contributed by atoms with E-state index in [-0.39, 0.29) is 6.61 Å². The van der Waals surface area contributed by atoms with Crippen LogP contribution in [0.4, 0.5) is 10.8 Å². The molecule has 0 spiro atoms. The molecule has 0 unspecified atom stereocenters. The fraction of sp³-hybridized carbons (Fsp3) is 0.200. The van der Waals surface area contributed by atoms with Gasteiger partial charge in [-0.15, -0.1) is 22.7 Å². The van der Waals surface area contributed by atoms with E-state index in [1.54, 1.807) is 22.7 Å². The van der Waals surface area contributed by atoms with Gasteiger partial charge in [-0.1, -0.05) is 18.2 Å². The third-order valence-electron chi connectivity index (χ3n) is 3.07. The number of rotatable bonds is 4. The summed E-state index contributed by atoms with van der Waals surface area (Å²) in [6, 6.07) is 7.68. The normalized spacial score (nSPS) is 10.8. The standard InChI is InChI=1S/C15H15N3OS2/c1-9-14(21-10(2)16-9)13-8-20-15(18-13)17-12-6-4-3-5-11(12)7-19/h3-6,8,19H,7H2,1-2H3,(H,17,18). The second-order valence-electron chi connectivity index (χ2n) is 4.63. The highest BCUT2D eigenvalue weighted by atomic mass is 32.1. The molecule has 2 N–H and O–H groups in total. The molecule has 1 aromatic carbocycles. The van der Waals surface area contributed by atoms with Gasteiger partial charge in [-0.2, -0.15) is 0 Å². The summed E-state index contributed by atoms with van der Waals surface area (Å²) in [5.41, 5.74) is 3.72. The predicted molar refractivity (Wildman–Crippen MR) is 88.3 cm³/mol. The molecule has 0 aliphatic carbocycles. The van der Waals surface area contributed by atoms with E-state index in [9.17, 15) is 5.11 Å². The third kappa shape index (κ3) is 2.97. The largest absolute Gasteiger partial charge is 0.392 e. The van der Waals surface area contributed by atoms with Gasteiger partial charge in [0.05, 0.1) is 27.9 Å².